The van der Waals surface area contributed by atoms with Gasteiger partial charge in [0.05, 0.1) is 0 Å². The highest BCUT2D eigenvalue weighted by molar-refractivity contribution is 6.20. The van der Waals surface area contributed by atoms with Gasteiger partial charge in [-0.2, -0.15) is 0 Å². The molecule has 1 aromatic rings. The van der Waals surface area contributed by atoms with E-state index in [1.54, 1.807) is 0 Å². The number of carbonyl (C=O) groups is 1. The SMILES string of the molecule is CCCCCCCCC(Cl)CCC(=O)c1ccccc1. The molecule has 112 valence electrons. The van der Waals surface area contributed by atoms with Crippen LogP contribution >= 0.6 is 11.6 Å². The first-order valence-electron chi connectivity index (χ1n) is 7.96. The second-order valence-electron chi connectivity index (χ2n) is 5.48. The molecule has 1 nitrogen and oxygen atoms in total. The lowest BCUT2D eigenvalue weighted by Crippen LogP contribution is -2.05. The van der Waals surface area contributed by atoms with Gasteiger partial charge in [-0.15, -0.1) is 11.6 Å². The zero-order valence-electron chi connectivity index (χ0n) is 12.6. The summed E-state index contributed by atoms with van der Waals surface area (Å²) in [5.74, 6) is 0.208. The number of Topliss-reactive ketones (excluding diaryl/α,β-unsaturated/α-hetero) is 1. The topological polar surface area (TPSA) is 17.1 Å². The molecule has 0 radical (unpaired) electrons. The van der Waals surface area contributed by atoms with E-state index >= 15 is 0 Å². The Bertz CT molecular complexity index is 361. The molecule has 1 atom stereocenters. The van der Waals surface area contributed by atoms with Gasteiger partial charge < -0.3 is 0 Å². The van der Waals surface area contributed by atoms with Crippen LogP contribution in [0.25, 0.3) is 0 Å². The summed E-state index contributed by atoms with van der Waals surface area (Å²) >= 11 is 6.30. The molecule has 20 heavy (non-hydrogen) atoms. The van der Waals surface area contributed by atoms with E-state index in [9.17, 15) is 4.79 Å². The van der Waals surface area contributed by atoms with Gasteiger partial charge in [0.15, 0.2) is 5.78 Å². The predicted octanol–water partition coefficient (Wildman–Crippen LogP) is 6.01. The number of hydrogen-bond acceptors (Lipinski definition) is 1. The monoisotopic (exact) mass is 294 g/mol. The first-order chi connectivity index (χ1) is 9.74. The van der Waals surface area contributed by atoms with Gasteiger partial charge in [0, 0.05) is 17.4 Å². The van der Waals surface area contributed by atoms with E-state index in [4.69, 9.17) is 11.6 Å². The van der Waals surface area contributed by atoms with Crippen LogP contribution in [-0.4, -0.2) is 11.2 Å². The standard InChI is InChI=1S/C18H27ClO/c1-2-3-4-5-6-10-13-17(19)14-15-18(20)16-11-8-7-9-12-16/h7-9,11-12,17H,2-6,10,13-15H2,1H3. The second kappa shape index (κ2) is 10.9. The van der Waals surface area contributed by atoms with Crippen LogP contribution in [0, 0.1) is 0 Å². The maximum absolute atomic E-state index is 11.9. The van der Waals surface area contributed by atoms with E-state index in [0.717, 1.165) is 18.4 Å². The molecule has 0 spiro atoms. The number of carbonyl (C=O) groups excluding carboxylic acids is 1. The largest absolute Gasteiger partial charge is 0.294 e. The molecule has 0 N–H and O–H groups in total. The quantitative estimate of drug-likeness (QED) is 0.277. The normalized spacial score (nSPS) is 12.3. The molecule has 0 aliphatic carbocycles. The second-order valence-corrected chi connectivity index (χ2v) is 6.10. The number of hydrogen-bond donors (Lipinski definition) is 0. The van der Waals surface area contributed by atoms with Crippen molar-refractivity contribution in [3.05, 3.63) is 35.9 Å². The summed E-state index contributed by atoms with van der Waals surface area (Å²) in [5, 5.41) is 0.147. The highest BCUT2D eigenvalue weighted by Gasteiger charge is 2.09. The van der Waals surface area contributed by atoms with Crippen LogP contribution < -0.4 is 0 Å². The summed E-state index contributed by atoms with van der Waals surface area (Å²) in [6.07, 6.45) is 10.2. The molecule has 0 saturated carbocycles. The predicted molar refractivity (Wildman–Crippen MR) is 87.6 cm³/mol. The van der Waals surface area contributed by atoms with Crippen LogP contribution in [0.5, 0.6) is 0 Å². The molecule has 0 heterocycles. The number of halogens is 1. The minimum atomic E-state index is 0.147. The molecule has 0 bridgehead atoms. The lowest BCUT2D eigenvalue weighted by atomic mass is 10.0. The third kappa shape index (κ3) is 7.69. The maximum atomic E-state index is 11.9. The van der Waals surface area contributed by atoms with Crippen LogP contribution in [0.15, 0.2) is 30.3 Å². The van der Waals surface area contributed by atoms with Crippen molar-refractivity contribution in [3.8, 4) is 0 Å². The fraction of sp³-hybridized carbons (Fsp3) is 0.611. The van der Waals surface area contributed by atoms with Crippen LogP contribution in [0.1, 0.15) is 75.1 Å². The van der Waals surface area contributed by atoms with Gasteiger partial charge in [-0.05, 0) is 12.8 Å². The van der Waals surface area contributed by atoms with Crippen LogP contribution in [-0.2, 0) is 0 Å². The van der Waals surface area contributed by atoms with E-state index in [1.165, 1.54) is 38.5 Å². The molecule has 0 saturated heterocycles. The zero-order valence-corrected chi connectivity index (χ0v) is 13.4. The molecule has 0 amide bonds. The van der Waals surface area contributed by atoms with Crippen molar-refractivity contribution in [2.24, 2.45) is 0 Å². The van der Waals surface area contributed by atoms with Gasteiger partial charge in [-0.25, -0.2) is 0 Å². The van der Waals surface area contributed by atoms with E-state index in [0.29, 0.717) is 6.42 Å². The first kappa shape index (κ1) is 17.2. The number of ketones is 1. The minimum Gasteiger partial charge on any atom is -0.294 e. The summed E-state index contributed by atoms with van der Waals surface area (Å²) in [7, 11) is 0. The van der Waals surface area contributed by atoms with E-state index < -0.39 is 0 Å². The summed E-state index contributed by atoms with van der Waals surface area (Å²) in [5.41, 5.74) is 0.802. The Balaban J connectivity index is 2.08. The smallest absolute Gasteiger partial charge is 0.162 e. The molecule has 0 aliphatic heterocycles. The van der Waals surface area contributed by atoms with E-state index in [1.807, 2.05) is 30.3 Å². The van der Waals surface area contributed by atoms with Gasteiger partial charge in [-0.3, -0.25) is 4.79 Å². The Labute approximate surface area is 128 Å². The van der Waals surface area contributed by atoms with Gasteiger partial charge >= 0.3 is 0 Å². The Kier molecular flexibility index (Phi) is 9.40. The van der Waals surface area contributed by atoms with Crippen molar-refractivity contribution >= 4 is 17.4 Å². The molecular weight excluding hydrogens is 268 g/mol. The molecule has 0 fully saturated rings. The van der Waals surface area contributed by atoms with Gasteiger partial charge in [0.25, 0.3) is 0 Å². The maximum Gasteiger partial charge on any atom is 0.162 e. The molecular formula is C18H27ClO. The minimum absolute atomic E-state index is 0.147. The third-order valence-electron chi connectivity index (χ3n) is 3.65. The number of rotatable bonds is 11. The average molecular weight is 295 g/mol. The van der Waals surface area contributed by atoms with Crippen molar-refractivity contribution < 1.29 is 4.79 Å². The molecule has 2 heteroatoms. The average Bonchev–Trinajstić information content (AvgIpc) is 2.49. The Hall–Kier alpha value is -0.820. The summed E-state index contributed by atoms with van der Waals surface area (Å²) in [4.78, 5) is 11.9. The van der Waals surface area contributed by atoms with E-state index in [-0.39, 0.29) is 11.2 Å². The summed E-state index contributed by atoms with van der Waals surface area (Å²) in [6, 6.07) is 9.49. The van der Waals surface area contributed by atoms with Gasteiger partial charge in [-0.1, -0.05) is 75.8 Å². The van der Waals surface area contributed by atoms with Crippen LogP contribution in [0.3, 0.4) is 0 Å². The summed E-state index contributed by atoms with van der Waals surface area (Å²) in [6.45, 7) is 2.23. The molecule has 1 aromatic carbocycles. The molecule has 1 rings (SSSR count). The number of unbranched alkanes of at least 4 members (excludes halogenated alkanes) is 5. The fourth-order valence-electron chi connectivity index (χ4n) is 2.35. The lowest BCUT2D eigenvalue weighted by Gasteiger charge is -2.08. The highest BCUT2D eigenvalue weighted by Crippen LogP contribution is 2.17. The Morgan fingerprint density at radius 1 is 1.00 bits per heavy atom. The van der Waals surface area contributed by atoms with Gasteiger partial charge in [0.2, 0.25) is 0 Å². The van der Waals surface area contributed by atoms with Crippen LogP contribution in [0.2, 0.25) is 0 Å². The molecule has 0 aromatic heterocycles. The number of benzene rings is 1. The Morgan fingerprint density at radius 3 is 2.35 bits per heavy atom. The lowest BCUT2D eigenvalue weighted by molar-refractivity contribution is 0.0979. The van der Waals surface area contributed by atoms with Crippen LogP contribution in [0.4, 0.5) is 0 Å². The van der Waals surface area contributed by atoms with E-state index in [2.05, 4.69) is 6.92 Å². The van der Waals surface area contributed by atoms with Crippen molar-refractivity contribution in [1.82, 2.24) is 0 Å². The van der Waals surface area contributed by atoms with Crippen molar-refractivity contribution in [1.29, 1.82) is 0 Å². The van der Waals surface area contributed by atoms with Crippen molar-refractivity contribution in [3.63, 3.8) is 0 Å². The molecule has 1 unspecified atom stereocenters. The Morgan fingerprint density at radius 2 is 1.65 bits per heavy atom. The summed E-state index contributed by atoms with van der Waals surface area (Å²) < 4.78 is 0. The fourth-order valence-corrected chi connectivity index (χ4v) is 2.61. The first-order valence-corrected chi connectivity index (χ1v) is 8.40. The van der Waals surface area contributed by atoms with Gasteiger partial charge in [0.1, 0.15) is 0 Å². The third-order valence-corrected chi connectivity index (χ3v) is 4.09. The molecule has 0 aliphatic rings. The van der Waals surface area contributed by atoms with Crippen molar-refractivity contribution in [2.75, 3.05) is 0 Å². The zero-order chi connectivity index (χ0) is 14.6. The van der Waals surface area contributed by atoms with Crippen molar-refractivity contribution in [2.45, 2.75) is 70.1 Å². The number of alkyl halides is 1. The highest BCUT2D eigenvalue weighted by atomic mass is 35.5.